The molecule has 2 rings (SSSR count). The van der Waals surface area contributed by atoms with Crippen LogP contribution in [0.5, 0.6) is 0 Å². The summed E-state index contributed by atoms with van der Waals surface area (Å²) < 4.78 is 13.9. The quantitative estimate of drug-likeness (QED) is 0.859. The van der Waals surface area contributed by atoms with Crippen molar-refractivity contribution in [3.05, 3.63) is 29.3 Å². The second kappa shape index (κ2) is 6.21. The second-order valence-electron chi connectivity index (χ2n) is 4.34. The van der Waals surface area contributed by atoms with Crippen LogP contribution in [0.3, 0.4) is 0 Å². The molecule has 102 valence electrons. The van der Waals surface area contributed by atoms with E-state index in [9.17, 15) is 4.21 Å². The summed E-state index contributed by atoms with van der Waals surface area (Å²) >= 11 is 5.24. The van der Waals surface area contributed by atoms with E-state index in [4.69, 9.17) is 12.2 Å². The van der Waals surface area contributed by atoms with Gasteiger partial charge in [-0.3, -0.25) is 14.3 Å². The van der Waals surface area contributed by atoms with Gasteiger partial charge in [0.15, 0.2) is 10.6 Å². The topological polar surface area (TPSA) is 63.6 Å². The Bertz CT molecular complexity index is 620. The normalized spacial score (nSPS) is 14.2. The summed E-state index contributed by atoms with van der Waals surface area (Å²) in [6.45, 7) is 2.68. The molecule has 2 unspecified atom stereocenters. The molecule has 0 radical (unpaired) electrons. The molecule has 1 N–H and O–H groups in total. The minimum absolute atomic E-state index is 0.141. The number of hydrogen-bond acceptors (Lipinski definition) is 4. The standard InChI is InChI=1S/C12H16N4OS2/c1-9(19(2)17)5-8-16-11(14-15-12(16)18)10-3-6-13-7-4-10/h3-4,6-7,9H,5,8H2,1-2H3,(H,15,18). The minimum Gasteiger partial charge on any atom is -0.300 e. The molecule has 2 heterocycles. The van der Waals surface area contributed by atoms with Crippen LogP contribution in [0.2, 0.25) is 0 Å². The summed E-state index contributed by atoms with van der Waals surface area (Å²) in [5.41, 5.74) is 0.965. The summed E-state index contributed by atoms with van der Waals surface area (Å²) in [4.78, 5) is 3.99. The first-order valence-corrected chi connectivity index (χ1v) is 8.00. The summed E-state index contributed by atoms with van der Waals surface area (Å²) in [6, 6.07) is 3.78. The van der Waals surface area contributed by atoms with Crippen LogP contribution < -0.4 is 0 Å². The fourth-order valence-electron chi connectivity index (χ4n) is 1.72. The largest absolute Gasteiger partial charge is 0.300 e. The maximum Gasteiger partial charge on any atom is 0.195 e. The number of nitrogens with one attached hydrogen (secondary N) is 1. The van der Waals surface area contributed by atoms with Crippen LogP contribution in [-0.2, 0) is 17.3 Å². The predicted molar refractivity (Wildman–Crippen MR) is 78.8 cm³/mol. The first-order chi connectivity index (χ1) is 9.09. The zero-order valence-electron chi connectivity index (χ0n) is 10.9. The van der Waals surface area contributed by atoms with Crippen molar-refractivity contribution in [3.8, 4) is 11.4 Å². The van der Waals surface area contributed by atoms with Crippen molar-refractivity contribution in [2.24, 2.45) is 0 Å². The summed E-state index contributed by atoms with van der Waals surface area (Å²) in [7, 11) is -0.817. The number of rotatable bonds is 5. The van der Waals surface area contributed by atoms with Crippen molar-refractivity contribution >= 4 is 23.0 Å². The molecular weight excluding hydrogens is 280 g/mol. The minimum atomic E-state index is -0.817. The van der Waals surface area contributed by atoms with E-state index in [0.29, 0.717) is 11.3 Å². The maximum atomic E-state index is 11.4. The van der Waals surface area contributed by atoms with Crippen LogP contribution in [-0.4, -0.2) is 35.5 Å². The Morgan fingerprint density at radius 3 is 2.79 bits per heavy atom. The third kappa shape index (κ3) is 3.36. The monoisotopic (exact) mass is 296 g/mol. The smallest absolute Gasteiger partial charge is 0.195 e. The van der Waals surface area contributed by atoms with Crippen LogP contribution in [0.1, 0.15) is 13.3 Å². The van der Waals surface area contributed by atoms with Crippen LogP contribution in [0.4, 0.5) is 0 Å². The van der Waals surface area contributed by atoms with Crippen molar-refractivity contribution in [2.75, 3.05) is 6.26 Å². The van der Waals surface area contributed by atoms with E-state index in [-0.39, 0.29) is 5.25 Å². The molecule has 0 amide bonds. The van der Waals surface area contributed by atoms with Gasteiger partial charge in [0.1, 0.15) is 0 Å². The molecule has 0 bridgehead atoms. The van der Waals surface area contributed by atoms with Gasteiger partial charge in [0.05, 0.1) is 0 Å². The van der Waals surface area contributed by atoms with Crippen molar-refractivity contribution in [3.63, 3.8) is 0 Å². The maximum absolute atomic E-state index is 11.4. The molecule has 2 atom stereocenters. The SMILES string of the molecule is CC(CCn1c(-c2ccncc2)n[nH]c1=S)S(C)=O. The van der Waals surface area contributed by atoms with Gasteiger partial charge < -0.3 is 4.57 Å². The average molecular weight is 296 g/mol. The van der Waals surface area contributed by atoms with Crippen LogP contribution >= 0.6 is 12.2 Å². The van der Waals surface area contributed by atoms with Gasteiger partial charge in [0, 0.05) is 46.8 Å². The number of H-pyrrole nitrogens is 1. The molecule has 2 aromatic heterocycles. The zero-order valence-corrected chi connectivity index (χ0v) is 12.5. The van der Waals surface area contributed by atoms with Crippen LogP contribution in [0.25, 0.3) is 11.4 Å². The third-order valence-electron chi connectivity index (χ3n) is 3.02. The number of pyridine rings is 1. The number of aromatic nitrogens is 4. The Morgan fingerprint density at radius 1 is 1.47 bits per heavy atom. The van der Waals surface area contributed by atoms with E-state index in [1.165, 1.54) is 0 Å². The van der Waals surface area contributed by atoms with Crippen LogP contribution in [0, 0.1) is 4.77 Å². The van der Waals surface area contributed by atoms with Gasteiger partial charge in [0.25, 0.3) is 0 Å². The lowest BCUT2D eigenvalue weighted by atomic mass is 10.2. The van der Waals surface area contributed by atoms with Gasteiger partial charge in [0.2, 0.25) is 0 Å². The molecule has 0 aliphatic carbocycles. The van der Waals surface area contributed by atoms with Gasteiger partial charge in [-0.2, -0.15) is 5.10 Å². The van der Waals surface area contributed by atoms with Gasteiger partial charge in [-0.05, 0) is 30.8 Å². The van der Waals surface area contributed by atoms with Gasteiger partial charge >= 0.3 is 0 Å². The van der Waals surface area contributed by atoms with Crippen molar-refractivity contribution in [1.82, 2.24) is 19.7 Å². The Morgan fingerprint density at radius 2 is 2.16 bits per heavy atom. The highest BCUT2D eigenvalue weighted by Gasteiger charge is 2.11. The Balaban J connectivity index is 2.24. The molecule has 2 aromatic rings. The van der Waals surface area contributed by atoms with Crippen molar-refractivity contribution < 1.29 is 4.21 Å². The second-order valence-corrected chi connectivity index (χ2v) is 6.53. The van der Waals surface area contributed by atoms with E-state index in [1.807, 2.05) is 23.6 Å². The highest BCUT2D eigenvalue weighted by molar-refractivity contribution is 7.84. The number of nitrogens with zero attached hydrogens (tertiary/aromatic N) is 3. The first-order valence-electron chi connectivity index (χ1n) is 5.97. The van der Waals surface area contributed by atoms with E-state index in [0.717, 1.165) is 17.8 Å². The van der Waals surface area contributed by atoms with E-state index in [1.54, 1.807) is 18.6 Å². The molecule has 0 aliphatic heterocycles. The summed E-state index contributed by atoms with van der Waals surface area (Å²) in [5.74, 6) is 0.793. The molecule has 19 heavy (non-hydrogen) atoms. The molecule has 7 heteroatoms. The van der Waals surface area contributed by atoms with E-state index >= 15 is 0 Å². The Hall–Kier alpha value is -1.34. The Kier molecular flexibility index (Phi) is 4.60. The average Bonchev–Trinajstić information content (AvgIpc) is 2.78. The molecule has 5 nitrogen and oxygen atoms in total. The molecule has 0 spiro atoms. The molecule has 0 aliphatic rings. The van der Waals surface area contributed by atoms with Crippen LogP contribution in [0.15, 0.2) is 24.5 Å². The van der Waals surface area contributed by atoms with Crippen molar-refractivity contribution in [1.29, 1.82) is 0 Å². The van der Waals surface area contributed by atoms with E-state index in [2.05, 4.69) is 15.2 Å². The predicted octanol–water partition coefficient (Wildman–Crippen LogP) is 2.16. The lowest BCUT2D eigenvalue weighted by Crippen LogP contribution is -2.13. The van der Waals surface area contributed by atoms with Gasteiger partial charge in [-0.15, -0.1) is 0 Å². The molecule has 0 saturated carbocycles. The first kappa shape index (κ1) is 14.1. The van der Waals surface area contributed by atoms with Gasteiger partial charge in [-0.1, -0.05) is 6.92 Å². The summed E-state index contributed by atoms with van der Waals surface area (Å²) in [5, 5.41) is 7.20. The number of aromatic amines is 1. The Labute approximate surface area is 119 Å². The lowest BCUT2D eigenvalue weighted by molar-refractivity contribution is 0.617. The van der Waals surface area contributed by atoms with Gasteiger partial charge in [-0.25, -0.2) is 0 Å². The fraction of sp³-hybridized carbons (Fsp3) is 0.417. The highest BCUT2D eigenvalue weighted by atomic mass is 32.2. The summed E-state index contributed by atoms with van der Waals surface area (Å²) in [6.07, 6.45) is 5.97. The zero-order chi connectivity index (χ0) is 13.8. The fourth-order valence-corrected chi connectivity index (χ4v) is 2.38. The third-order valence-corrected chi connectivity index (χ3v) is 4.70. The molecule has 0 fully saturated rings. The van der Waals surface area contributed by atoms with E-state index < -0.39 is 10.8 Å². The molecule has 0 saturated heterocycles. The van der Waals surface area contributed by atoms with Crippen molar-refractivity contribution in [2.45, 2.75) is 25.1 Å². The lowest BCUT2D eigenvalue weighted by Gasteiger charge is -2.10. The molecule has 0 aromatic carbocycles. The number of hydrogen-bond donors (Lipinski definition) is 1. The highest BCUT2D eigenvalue weighted by Crippen LogP contribution is 2.17. The molecular formula is C12H16N4OS2.